The van der Waals surface area contributed by atoms with Crippen molar-refractivity contribution in [3.8, 4) is 0 Å². The van der Waals surface area contributed by atoms with E-state index in [2.05, 4.69) is 42.7 Å². The lowest BCUT2D eigenvalue weighted by Crippen LogP contribution is -2.29. The van der Waals surface area contributed by atoms with Gasteiger partial charge in [-0.15, -0.1) is 0 Å². The van der Waals surface area contributed by atoms with Gasteiger partial charge in [-0.2, -0.15) is 0 Å². The van der Waals surface area contributed by atoms with Crippen molar-refractivity contribution in [2.75, 3.05) is 13.2 Å². The standard InChI is InChI=1S/C45H79O9P/c1-4-42(46)36-32-28-24-20-16-12-9-10-13-17-21-25-29-33-37-44(47)52-39-43(40-53-55(49,50)51)54-45(48)38-34-30-26-22-18-14-8-6-5-7-11-15-19-23-27-31-35-41(2)3/h10,12-13,16,21,24-25,28,32,36,41-43,46H,4-9,11,14-15,17-20,22-23,26-27,29-31,33-35,37-40H2,1-3H3,(H2,49,50,51)/b13-10-,16-12-,25-21-,28-24-,36-32+/t42-,43+/m0/s1. The maximum atomic E-state index is 12.4. The van der Waals surface area contributed by atoms with Crippen LogP contribution in [-0.4, -0.2) is 52.3 Å². The van der Waals surface area contributed by atoms with Gasteiger partial charge in [-0.3, -0.25) is 14.1 Å². The van der Waals surface area contributed by atoms with E-state index in [-0.39, 0.29) is 25.6 Å². The first-order valence-corrected chi connectivity index (χ1v) is 23.1. The highest BCUT2D eigenvalue weighted by atomic mass is 31.2. The average Bonchev–Trinajstić information content (AvgIpc) is 3.14. The van der Waals surface area contributed by atoms with Crippen LogP contribution in [0.5, 0.6) is 0 Å². The minimum Gasteiger partial charge on any atom is -0.462 e. The van der Waals surface area contributed by atoms with Gasteiger partial charge in [0, 0.05) is 12.8 Å². The van der Waals surface area contributed by atoms with Crippen molar-refractivity contribution in [2.24, 2.45) is 5.92 Å². The first kappa shape index (κ1) is 52.7. The van der Waals surface area contributed by atoms with Gasteiger partial charge in [0.25, 0.3) is 0 Å². The number of rotatable bonds is 38. The third-order valence-electron chi connectivity index (χ3n) is 9.14. The number of phosphoric ester groups is 1. The van der Waals surface area contributed by atoms with Crippen LogP contribution < -0.4 is 0 Å². The van der Waals surface area contributed by atoms with Crippen LogP contribution in [-0.2, 0) is 28.2 Å². The van der Waals surface area contributed by atoms with Crippen molar-refractivity contribution < 1.29 is 43.0 Å². The van der Waals surface area contributed by atoms with Gasteiger partial charge in [0.1, 0.15) is 6.61 Å². The Morgan fingerprint density at radius 2 is 1.07 bits per heavy atom. The second-order valence-corrected chi connectivity index (χ2v) is 16.2. The van der Waals surface area contributed by atoms with Crippen molar-refractivity contribution in [2.45, 2.75) is 193 Å². The number of carbonyl (C=O) groups is 2. The van der Waals surface area contributed by atoms with Gasteiger partial charge in [-0.25, -0.2) is 4.57 Å². The number of allylic oxidation sites excluding steroid dienone is 9. The van der Waals surface area contributed by atoms with Crippen molar-refractivity contribution >= 4 is 19.8 Å². The Morgan fingerprint density at radius 1 is 0.600 bits per heavy atom. The van der Waals surface area contributed by atoms with Crippen LogP contribution in [0.3, 0.4) is 0 Å². The van der Waals surface area contributed by atoms with Crippen LogP contribution in [0.1, 0.15) is 181 Å². The molecule has 0 heterocycles. The van der Waals surface area contributed by atoms with Gasteiger partial charge in [0.15, 0.2) is 6.10 Å². The lowest BCUT2D eigenvalue weighted by atomic mass is 10.0. The lowest BCUT2D eigenvalue weighted by Gasteiger charge is -2.18. The molecule has 0 amide bonds. The fourth-order valence-electron chi connectivity index (χ4n) is 5.78. The van der Waals surface area contributed by atoms with Crippen LogP contribution in [0, 0.1) is 5.92 Å². The fourth-order valence-corrected chi connectivity index (χ4v) is 6.14. The topological polar surface area (TPSA) is 140 Å². The number of hydrogen-bond acceptors (Lipinski definition) is 7. The molecule has 0 rings (SSSR count). The van der Waals surface area contributed by atoms with E-state index in [1.807, 2.05) is 37.3 Å². The van der Waals surface area contributed by atoms with Crippen LogP contribution in [0.4, 0.5) is 0 Å². The highest BCUT2D eigenvalue weighted by Gasteiger charge is 2.22. The molecule has 0 fully saturated rings. The van der Waals surface area contributed by atoms with E-state index in [1.54, 1.807) is 6.08 Å². The number of unbranched alkanes of at least 4 members (excludes halogenated alkanes) is 16. The Kier molecular flexibility index (Phi) is 37.0. The van der Waals surface area contributed by atoms with E-state index in [0.29, 0.717) is 25.7 Å². The Morgan fingerprint density at radius 3 is 1.58 bits per heavy atom. The van der Waals surface area contributed by atoms with Gasteiger partial charge in [0.2, 0.25) is 0 Å². The summed E-state index contributed by atoms with van der Waals surface area (Å²) >= 11 is 0. The predicted molar refractivity (Wildman–Crippen MR) is 226 cm³/mol. The molecule has 3 N–H and O–H groups in total. The molecule has 10 heteroatoms. The van der Waals surface area contributed by atoms with Crippen molar-refractivity contribution in [1.82, 2.24) is 0 Å². The highest BCUT2D eigenvalue weighted by molar-refractivity contribution is 7.46. The van der Waals surface area contributed by atoms with Gasteiger partial charge >= 0.3 is 19.8 Å². The minimum atomic E-state index is -4.78. The number of ether oxygens (including phenoxy) is 2. The fraction of sp³-hybridized carbons (Fsp3) is 0.733. The molecular formula is C45H79O9P. The molecule has 0 aromatic heterocycles. The van der Waals surface area contributed by atoms with E-state index < -0.39 is 32.5 Å². The summed E-state index contributed by atoms with van der Waals surface area (Å²) in [4.78, 5) is 42.9. The zero-order valence-corrected chi connectivity index (χ0v) is 35.7. The number of aliphatic hydroxyl groups is 1. The summed E-state index contributed by atoms with van der Waals surface area (Å²) in [7, 11) is -4.78. The summed E-state index contributed by atoms with van der Waals surface area (Å²) < 4.78 is 26.3. The second kappa shape index (κ2) is 38.6. The van der Waals surface area contributed by atoms with Gasteiger partial charge in [-0.1, -0.05) is 184 Å². The molecule has 2 atom stereocenters. The van der Waals surface area contributed by atoms with Gasteiger partial charge in [0.05, 0.1) is 12.7 Å². The molecule has 0 saturated carbocycles. The lowest BCUT2D eigenvalue weighted by molar-refractivity contribution is -0.161. The largest absolute Gasteiger partial charge is 0.469 e. The third-order valence-corrected chi connectivity index (χ3v) is 9.62. The molecule has 0 radical (unpaired) electrons. The molecule has 0 aliphatic heterocycles. The maximum Gasteiger partial charge on any atom is 0.469 e. The maximum absolute atomic E-state index is 12.4. The minimum absolute atomic E-state index is 0.174. The number of aliphatic hydroxyl groups excluding tert-OH is 1. The van der Waals surface area contributed by atoms with Crippen molar-refractivity contribution in [1.29, 1.82) is 0 Å². The third kappa shape index (κ3) is 42.7. The first-order chi connectivity index (χ1) is 26.5. The molecule has 0 bridgehead atoms. The van der Waals surface area contributed by atoms with E-state index in [1.165, 1.54) is 83.5 Å². The SMILES string of the molecule is CC[C@H](O)/C=C/C=C\C/C=C\C/C=C\C/C=C\CCCC(=O)OC[C@H](COP(=O)(O)O)OC(=O)CCCCCCCCCCCCCCCCCCC(C)C. The normalized spacial score (nSPS) is 13.7. The molecule has 0 aliphatic carbocycles. The Hall–Kier alpha value is -2.29. The molecule has 0 aromatic rings. The molecule has 0 aliphatic rings. The summed E-state index contributed by atoms with van der Waals surface area (Å²) in [5, 5.41) is 9.45. The van der Waals surface area contributed by atoms with Gasteiger partial charge < -0.3 is 24.4 Å². The van der Waals surface area contributed by atoms with Crippen LogP contribution in [0.2, 0.25) is 0 Å². The predicted octanol–water partition coefficient (Wildman–Crippen LogP) is 12.1. The van der Waals surface area contributed by atoms with Crippen LogP contribution in [0.15, 0.2) is 60.8 Å². The number of hydrogen-bond donors (Lipinski definition) is 3. The quantitative estimate of drug-likeness (QED) is 0.0183. The molecule has 9 nitrogen and oxygen atoms in total. The summed E-state index contributed by atoms with van der Waals surface area (Å²) in [6, 6.07) is 0. The summed E-state index contributed by atoms with van der Waals surface area (Å²) in [5.74, 6) is -0.136. The molecule has 0 unspecified atom stereocenters. The Bertz CT molecular complexity index is 1110. The molecule has 0 aromatic carbocycles. The Balaban J connectivity index is 4.00. The molecule has 0 saturated heterocycles. The molecule has 318 valence electrons. The Labute approximate surface area is 335 Å². The van der Waals surface area contributed by atoms with Crippen molar-refractivity contribution in [3.63, 3.8) is 0 Å². The number of phosphoric acid groups is 1. The van der Waals surface area contributed by atoms with E-state index in [9.17, 15) is 19.3 Å². The van der Waals surface area contributed by atoms with Crippen molar-refractivity contribution in [3.05, 3.63) is 60.8 Å². The first-order valence-electron chi connectivity index (χ1n) is 21.5. The smallest absolute Gasteiger partial charge is 0.462 e. The van der Waals surface area contributed by atoms with E-state index >= 15 is 0 Å². The van der Waals surface area contributed by atoms with E-state index in [0.717, 1.165) is 44.4 Å². The van der Waals surface area contributed by atoms with Gasteiger partial charge in [-0.05, 0) is 50.9 Å². The second-order valence-electron chi connectivity index (χ2n) is 15.0. The van der Waals surface area contributed by atoms with E-state index in [4.69, 9.17) is 19.3 Å². The highest BCUT2D eigenvalue weighted by Crippen LogP contribution is 2.36. The monoisotopic (exact) mass is 795 g/mol. The number of esters is 2. The summed E-state index contributed by atoms with van der Waals surface area (Å²) in [5.41, 5.74) is 0. The van der Waals surface area contributed by atoms with Crippen LogP contribution in [0.25, 0.3) is 0 Å². The summed E-state index contributed by atoms with van der Waals surface area (Å²) in [6.07, 6.45) is 44.7. The zero-order chi connectivity index (χ0) is 40.7. The average molecular weight is 795 g/mol. The number of carbonyl (C=O) groups excluding carboxylic acids is 2. The molecule has 0 spiro atoms. The molecular weight excluding hydrogens is 715 g/mol. The molecule has 55 heavy (non-hydrogen) atoms. The zero-order valence-electron chi connectivity index (χ0n) is 34.8. The van der Waals surface area contributed by atoms with Crippen LogP contribution >= 0.6 is 7.82 Å². The summed E-state index contributed by atoms with van der Waals surface area (Å²) in [6.45, 7) is 5.66.